The van der Waals surface area contributed by atoms with E-state index in [1.54, 1.807) is 6.07 Å². The topological polar surface area (TPSA) is 74.7 Å². The number of nitriles is 1. The normalized spacial score (nSPS) is 27.5. The first kappa shape index (κ1) is 27.0. The van der Waals surface area contributed by atoms with Gasteiger partial charge in [-0.3, -0.25) is 4.79 Å². The lowest BCUT2D eigenvalue weighted by Crippen LogP contribution is -2.30. The molecule has 36 heavy (non-hydrogen) atoms. The SMILES string of the molecule is [C-]#[N+]/C(C#N)=C1/Sc2c(OC(=O)C3CCC(C4CCC(CC)CC4)CC3)cc(C(C)(C)C)c(O)c2S1. The molecule has 3 aliphatic rings. The van der Waals surface area contributed by atoms with E-state index in [2.05, 4.69) is 11.8 Å². The van der Waals surface area contributed by atoms with Crippen molar-refractivity contribution in [3.8, 4) is 17.6 Å². The number of fused-ring (bicyclic) bond motifs is 1. The number of benzene rings is 1. The lowest BCUT2D eigenvalue weighted by Gasteiger charge is -2.37. The van der Waals surface area contributed by atoms with Gasteiger partial charge in [0.1, 0.15) is 11.5 Å². The van der Waals surface area contributed by atoms with Crippen LogP contribution < -0.4 is 4.74 Å². The number of carbonyl (C=O) groups is 1. The fraction of sp³-hybridized carbons (Fsp3) is 0.621. The number of carbonyl (C=O) groups excluding carboxylic acids is 1. The molecule has 7 heteroatoms. The van der Waals surface area contributed by atoms with Gasteiger partial charge >= 0.3 is 5.97 Å². The summed E-state index contributed by atoms with van der Waals surface area (Å²) in [6.45, 7) is 15.6. The smallest absolute Gasteiger partial charge is 0.314 e. The van der Waals surface area contributed by atoms with Crippen LogP contribution in [0.5, 0.6) is 11.5 Å². The second kappa shape index (κ2) is 11.1. The Balaban J connectivity index is 1.49. The van der Waals surface area contributed by atoms with Crippen molar-refractivity contribution in [3.05, 3.63) is 33.0 Å². The van der Waals surface area contributed by atoms with E-state index in [1.807, 2.05) is 26.8 Å². The molecule has 0 spiro atoms. The molecule has 2 saturated carbocycles. The highest BCUT2D eigenvalue weighted by atomic mass is 32.2. The minimum absolute atomic E-state index is 0.0125. The number of esters is 1. The lowest BCUT2D eigenvalue weighted by molar-refractivity contribution is -0.140. The zero-order valence-corrected chi connectivity index (χ0v) is 23.4. The quantitative estimate of drug-likeness (QED) is 0.184. The molecular formula is C29H36N2O3S2. The van der Waals surface area contributed by atoms with E-state index in [0.29, 0.717) is 25.3 Å². The average Bonchev–Trinajstić information content (AvgIpc) is 3.32. The van der Waals surface area contributed by atoms with Gasteiger partial charge in [0.2, 0.25) is 0 Å². The maximum absolute atomic E-state index is 13.3. The summed E-state index contributed by atoms with van der Waals surface area (Å²) in [7, 11) is 0. The van der Waals surface area contributed by atoms with Crippen molar-refractivity contribution in [1.29, 1.82) is 5.26 Å². The number of aromatic hydroxyl groups is 1. The van der Waals surface area contributed by atoms with Gasteiger partial charge < -0.3 is 9.84 Å². The maximum Gasteiger partial charge on any atom is 0.314 e. The summed E-state index contributed by atoms with van der Waals surface area (Å²) in [5.74, 6) is 2.69. The number of thioether (sulfide) groups is 2. The molecule has 0 atom stereocenters. The molecule has 2 fully saturated rings. The van der Waals surface area contributed by atoms with Crippen LogP contribution >= 0.6 is 23.5 Å². The summed E-state index contributed by atoms with van der Waals surface area (Å²) in [5, 5.41) is 20.4. The van der Waals surface area contributed by atoms with Crippen molar-refractivity contribution >= 4 is 29.5 Å². The molecule has 0 bridgehead atoms. The largest absolute Gasteiger partial charge is 0.506 e. The molecule has 1 aromatic carbocycles. The molecule has 2 aliphatic carbocycles. The van der Waals surface area contributed by atoms with Crippen molar-refractivity contribution in [3.63, 3.8) is 0 Å². The molecular weight excluding hydrogens is 488 g/mol. The molecule has 5 nitrogen and oxygen atoms in total. The molecule has 0 unspecified atom stereocenters. The number of hydrogen-bond acceptors (Lipinski definition) is 6. The minimum Gasteiger partial charge on any atom is -0.506 e. The van der Waals surface area contributed by atoms with Crippen molar-refractivity contribution in [2.75, 3.05) is 0 Å². The van der Waals surface area contributed by atoms with Crippen LogP contribution in [0.25, 0.3) is 4.85 Å². The predicted octanol–water partition coefficient (Wildman–Crippen LogP) is 8.43. The number of ether oxygens (including phenoxy) is 1. The third kappa shape index (κ3) is 5.58. The zero-order chi connectivity index (χ0) is 26.0. The van der Waals surface area contributed by atoms with Crippen LogP contribution in [0.4, 0.5) is 0 Å². The van der Waals surface area contributed by atoms with Crippen LogP contribution in [0.15, 0.2) is 25.8 Å². The summed E-state index contributed by atoms with van der Waals surface area (Å²) < 4.78 is 6.54. The van der Waals surface area contributed by atoms with E-state index in [0.717, 1.165) is 43.4 Å². The maximum atomic E-state index is 13.3. The molecule has 1 heterocycles. The standard InChI is InChI=1S/C29H36N2O3S2/c1-6-17-7-9-18(10-8-17)19-11-13-20(14-12-19)27(33)34-23-15-21(29(2,3)4)24(32)26-25(23)35-28(36-26)22(16-30)31-5/h15,17-20,32H,6-14H2,1-4H3/b28-22-. The van der Waals surface area contributed by atoms with Crippen LogP contribution in [0.2, 0.25) is 0 Å². The van der Waals surface area contributed by atoms with Gasteiger partial charge in [-0.25, -0.2) is 10.1 Å². The zero-order valence-electron chi connectivity index (χ0n) is 21.7. The third-order valence-corrected chi connectivity index (χ3v) is 10.8. The van der Waals surface area contributed by atoms with Crippen molar-refractivity contribution < 1.29 is 14.6 Å². The third-order valence-electron chi connectivity index (χ3n) is 8.24. The Morgan fingerprint density at radius 1 is 1.11 bits per heavy atom. The van der Waals surface area contributed by atoms with E-state index >= 15 is 0 Å². The highest BCUT2D eigenvalue weighted by Crippen LogP contribution is 2.60. The Kier molecular flexibility index (Phi) is 8.32. The van der Waals surface area contributed by atoms with E-state index in [4.69, 9.17) is 11.3 Å². The second-order valence-corrected chi connectivity index (χ2v) is 13.8. The fourth-order valence-corrected chi connectivity index (χ4v) is 8.40. The minimum atomic E-state index is -0.370. The summed E-state index contributed by atoms with van der Waals surface area (Å²) in [6.07, 6.45) is 10.6. The highest BCUT2D eigenvalue weighted by molar-refractivity contribution is 8.24. The summed E-state index contributed by atoms with van der Waals surface area (Å²) in [5.41, 5.74) is 0.303. The number of hydrogen-bond donors (Lipinski definition) is 1. The van der Waals surface area contributed by atoms with Gasteiger partial charge in [0.15, 0.2) is 0 Å². The van der Waals surface area contributed by atoms with Gasteiger partial charge in [-0.05, 0) is 67.8 Å². The Labute approximate surface area is 223 Å². The van der Waals surface area contributed by atoms with Crippen LogP contribution in [-0.4, -0.2) is 11.1 Å². The molecule has 0 aromatic heterocycles. The van der Waals surface area contributed by atoms with Gasteiger partial charge in [0.05, 0.1) is 32.6 Å². The number of nitrogens with zero attached hydrogens (tertiary/aromatic N) is 2. The monoisotopic (exact) mass is 524 g/mol. The molecule has 1 N–H and O–H groups in total. The first-order chi connectivity index (χ1) is 17.2. The molecule has 1 aromatic rings. The van der Waals surface area contributed by atoms with Crippen molar-refractivity contribution in [1.82, 2.24) is 0 Å². The van der Waals surface area contributed by atoms with Crippen LogP contribution in [0, 0.1) is 41.6 Å². The number of allylic oxidation sites excluding steroid dienone is 1. The summed E-state index contributed by atoms with van der Waals surface area (Å²) >= 11 is 2.44. The Bertz CT molecular complexity index is 1110. The number of phenols is 1. The predicted molar refractivity (Wildman–Crippen MR) is 145 cm³/mol. The van der Waals surface area contributed by atoms with Gasteiger partial charge in [0, 0.05) is 5.56 Å². The highest BCUT2D eigenvalue weighted by Gasteiger charge is 2.36. The Morgan fingerprint density at radius 2 is 1.69 bits per heavy atom. The molecule has 0 radical (unpaired) electrons. The molecule has 0 saturated heterocycles. The molecule has 192 valence electrons. The number of rotatable bonds is 4. The lowest BCUT2D eigenvalue weighted by atomic mass is 9.69. The van der Waals surface area contributed by atoms with E-state index in [1.165, 1.54) is 55.6 Å². The van der Waals surface area contributed by atoms with Gasteiger partial charge in [-0.15, -0.1) is 0 Å². The fourth-order valence-electron chi connectivity index (χ4n) is 5.95. The summed E-state index contributed by atoms with van der Waals surface area (Å²) in [4.78, 5) is 17.8. The van der Waals surface area contributed by atoms with Crippen LogP contribution in [0.3, 0.4) is 0 Å². The summed E-state index contributed by atoms with van der Waals surface area (Å²) in [6, 6.07) is 3.70. The van der Waals surface area contributed by atoms with Crippen LogP contribution in [0.1, 0.15) is 91.0 Å². The first-order valence-corrected chi connectivity index (χ1v) is 14.8. The molecule has 0 amide bonds. The van der Waals surface area contributed by atoms with E-state index in [-0.39, 0.29) is 28.7 Å². The van der Waals surface area contributed by atoms with E-state index < -0.39 is 0 Å². The van der Waals surface area contributed by atoms with Gasteiger partial charge in [0.25, 0.3) is 5.70 Å². The second-order valence-electron chi connectivity index (χ2n) is 11.5. The van der Waals surface area contributed by atoms with Crippen molar-refractivity contribution in [2.24, 2.45) is 23.7 Å². The molecule has 4 rings (SSSR count). The van der Waals surface area contributed by atoms with Crippen molar-refractivity contribution in [2.45, 2.75) is 101 Å². The first-order valence-electron chi connectivity index (χ1n) is 13.2. The van der Waals surface area contributed by atoms with E-state index in [9.17, 15) is 15.2 Å². The van der Waals surface area contributed by atoms with Crippen LogP contribution in [-0.2, 0) is 10.2 Å². The Hall–Kier alpha value is -2.09. The number of phenolic OH excluding ortho intramolecular Hbond substituents is 1. The van der Waals surface area contributed by atoms with Gasteiger partial charge in [-0.2, -0.15) is 0 Å². The molecule has 1 aliphatic heterocycles. The van der Waals surface area contributed by atoms with Gasteiger partial charge in [-0.1, -0.05) is 70.5 Å². The Morgan fingerprint density at radius 3 is 2.22 bits per heavy atom. The average molecular weight is 525 g/mol.